The molecule has 0 aliphatic heterocycles. The van der Waals surface area contributed by atoms with Gasteiger partial charge >= 0.3 is 5.97 Å². The highest BCUT2D eigenvalue weighted by Crippen LogP contribution is 2.26. The van der Waals surface area contributed by atoms with Gasteiger partial charge in [0, 0.05) is 11.4 Å². The second kappa shape index (κ2) is 12.6. The Morgan fingerprint density at radius 2 is 1.30 bits per heavy atom. The van der Waals surface area contributed by atoms with Crippen LogP contribution in [0.15, 0.2) is 37.2 Å². The molecule has 2 amide bonds. The molecule has 0 atom stereocenters. The number of aromatic nitrogens is 4. The lowest BCUT2D eigenvalue weighted by Crippen LogP contribution is -2.17. The highest BCUT2D eigenvalue weighted by molar-refractivity contribution is 8.02. The summed E-state index contributed by atoms with van der Waals surface area (Å²) in [4.78, 5) is 44.7. The third-order valence-corrected chi connectivity index (χ3v) is 8.54. The van der Waals surface area contributed by atoms with Crippen molar-refractivity contribution in [3.63, 3.8) is 0 Å². The molecule has 10 nitrogen and oxygen atoms in total. The van der Waals surface area contributed by atoms with Crippen LogP contribution >= 0.6 is 70.1 Å². The zero-order chi connectivity index (χ0) is 23.8. The Morgan fingerprint density at radius 1 is 0.848 bits per heavy atom. The number of rotatable bonds is 11. The van der Waals surface area contributed by atoms with E-state index < -0.39 is 5.97 Å². The van der Waals surface area contributed by atoms with Crippen LogP contribution in [-0.4, -0.2) is 65.6 Å². The molecule has 0 aliphatic rings. The van der Waals surface area contributed by atoms with Crippen molar-refractivity contribution in [1.29, 1.82) is 0 Å². The van der Waals surface area contributed by atoms with Crippen LogP contribution in [0.5, 0.6) is 0 Å². The number of thioether (sulfide) groups is 4. The lowest BCUT2D eigenvalue weighted by Gasteiger charge is -2.10. The normalized spacial score (nSPS) is 10.7. The summed E-state index contributed by atoms with van der Waals surface area (Å²) < 4.78 is 9.60. The highest BCUT2D eigenvalue weighted by Gasteiger charge is 2.14. The summed E-state index contributed by atoms with van der Waals surface area (Å²) in [5.74, 6) is -1.69. The fourth-order valence-corrected chi connectivity index (χ4v) is 6.24. The van der Waals surface area contributed by atoms with E-state index in [1.54, 1.807) is 0 Å². The molecule has 0 spiro atoms. The van der Waals surface area contributed by atoms with Crippen molar-refractivity contribution in [2.24, 2.45) is 0 Å². The SMILES string of the molecule is CSc1nsc(SCC(=O)Nc2cc(NC(=O)CSc3nc(SC)ns3)cc(C(=O)O)c2)n1. The van der Waals surface area contributed by atoms with Gasteiger partial charge < -0.3 is 15.7 Å². The summed E-state index contributed by atoms with van der Waals surface area (Å²) in [6.07, 6.45) is 3.73. The first-order chi connectivity index (χ1) is 15.9. The maximum Gasteiger partial charge on any atom is 0.335 e. The average Bonchev–Trinajstić information content (AvgIpc) is 3.45. The number of hydrogen-bond donors (Lipinski definition) is 3. The van der Waals surface area contributed by atoms with Crippen LogP contribution in [0.4, 0.5) is 11.4 Å². The Morgan fingerprint density at radius 3 is 1.67 bits per heavy atom. The third kappa shape index (κ3) is 8.15. The van der Waals surface area contributed by atoms with Gasteiger partial charge in [-0.05, 0) is 53.8 Å². The summed E-state index contributed by atoms with van der Waals surface area (Å²) >= 11 is 7.72. The largest absolute Gasteiger partial charge is 0.478 e. The van der Waals surface area contributed by atoms with Gasteiger partial charge in [-0.25, -0.2) is 14.8 Å². The van der Waals surface area contributed by atoms with Crippen LogP contribution in [0, 0.1) is 0 Å². The Bertz CT molecular complexity index is 1070. The predicted molar refractivity (Wildman–Crippen MR) is 135 cm³/mol. The van der Waals surface area contributed by atoms with E-state index in [-0.39, 0.29) is 40.3 Å². The molecule has 0 fully saturated rings. The molecule has 0 bridgehead atoms. The summed E-state index contributed by atoms with van der Waals surface area (Å²) in [5.41, 5.74) is 0.462. The van der Waals surface area contributed by atoms with Crippen molar-refractivity contribution >= 4 is 99.3 Å². The molecule has 0 unspecified atom stereocenters. The number of carbonyl (C=O) groups is 3. The van der Waals surface area contributed by atoms with E-state index in [9.17, 15) is 19.5 Å². The number of hydrogen-bond acceptors (Lipinski definition) is 13. The smallest absolute Gasteiger partial charge is 0.335 e. The molecule has 0 saturated carbocycles. The van der Waals surface area contributed by atoms with Gasteiger partial charge in [-0.3, -0.25) is 9.59 Å². The molecule has 2 heterocycles. The first-order valence-corrected chi connectivity index (χ1v) is 14.8. The number of amides is 2. The minimum atomic E-state index is -1.18. The molecule has 0 aliphatic carbocycles. The van der Waals surface area contributed by atoms with Gasteiger partial charge in [0.1, 0.15) is 0 Å². The minimum Gasteiger partial charge on any atom is -0.478 e. The van der Waals surface area contributed by atoms with Crippen molar-refractivity contribution in [1.82, 2.24) is 18.7 Å². The van der Waals surface area contributed by atoms with E-state index in [1.807, 2.05) is 12.5 Å². The van der Waals surface area contributed by atoms with Gasteiger partial charge in [0.05, 0.1) is 17.1 Å². The highest BCUT2D eigenvalue weighted by atomic mass is 32.2. The van der Waals surface area contributed by atoms with E-state index >= 15 is 0 Å². The number of carboxylic acid groups (broad SMARTS) is 1. The van der Waals surface area contributed by atoms with E-state index in [2.05, 4.69) is 29.3 Å². The number of anilines is 2. The number of nitrogens with one attached hydrogen (secondary N) is 2. The second-order valence-electron chi connectivity index (χ2n) is 5.87. The molecule has 0 radical (unpaired) electrons. The topological polar surface area (TPSA) is 147 Å². The lowest BCUT2D eigenvalue weighted by molar-refractivity contribution is -0.114. The number of carboxylic acids is 1. The Hall–Kier alpha value is -1.85. The van der Waals surface area contributed by atoms with Crippen LogP contribution in [0.1, 0.15) is 10.4 Å². The molecule has 3 aromatic rings. The van der Waals surface area contributed by atoms with Crippen LogP contribution in [-0.2, 0) is 9.59 Å². The van der Waals surface area contributed by atoms with Crippen molar-refractivity contribution in [2.45, 2.75) is 19.0 Å². The van der Waals surface area contributed by atoms with Crippen LogP contribution < -0.4 is 10.6 Å². The van der Waals surface area contributed by atoms with Gasteiger partial charge in [0.15, 0.2) is 8.68 Å². The van der Waals surface area contributed by atoms with E-state index in [4.69, 9.17) is 0 Å². The predicted octanol–water partition coefficient (Wildman–Crippen LogP) is 3.99. The van der Waals surface area contributed by atoms with E-state index in [0.29, 0.717) is 19.0 Å². The lowest BCUT2D eigenvalue weighted by atomic mass is 10.1. The van der Waals surface area contributed by atoms with Crippen molar-refractivity contribution in [2.75, 3.05) is 34.7 Å². The molecule has 16 heteroatoms. The summed E-state index contributed by atoms with van der Waals surface area (Å²) in [5, 5.41) is 16.0. The summed E-state index contributed by atoms with van der Waals surface area (Å²) in [6.45, 7) is 0. The van der Waals surface area contributed by atoms with Gasteiger partial charge in [-0.2, -0.15) is 8.75 Å². The number of aromatic carboxylic acids is 1. The molecular formula is C17H16N6O4S6. The van der Waals surface area contributed by atoms with Crippen LogP contribution in [0.2, 0.25) is 0 Å². The zero-order valence-corrected chi connectivity index (χ0v) is 22.0. The fourth-order valence-electron chi connectivity index (χ4n) is 2.22. The van der Waals surface area contributed by atoms with Crippen molar-refractivity contribution in [3.8, 4) is 0 Å². The molecule has 174 valence electrons. The molecular weight excluding hydrogens is 545 g/mol. The Kier molecular flexibility index (Phi) is 9.81. The molecule has 1 aromatic carbocycles. The summed E-state index contributed by atoms with van der Waals surface area (Å²) in [6, 6.07) is 4.17. The number of benzene rings is 1. The maximum absolute atomic E-state index is 12.3. The summed E-state index contributed by atoms with van der Waals surface area (Å²) in [7, 11) is 0. The average molecular weight is 561 g/mol. The van der Waals surface area contributed by atoms with E-state index in [1.165, 1.54) is 88.3 Å². The molecule has 3 rings (SSSR count). The standard InChI is InChI=1S/C17H16N6O4S6/c1-28-14-20-16(32-22-14)30-6-11(24)18-9-3-8(13(26)27)4-10(5-9)19-12(25)7-31-17-21-15(29-2)23-33-17/h3-5H,6-7H2,1-2H3,(H,18,24)(H,19,25)(H,26,27). The maximum atomic E-state index is 12.3. The Labute approximate surface area is 213 Å². The molecule has 0 saturated heterocycles. The molecule has 3 N–H and O–H groups in total. The van der Waals surface area contributed by atoms with Gasteiger partial charge in [0.2, 0.25) is 22.1 Å². The molecule has 33 heavy (non-hydrogen) atoms. The van der Waals surface area contributed by atoms with Crippen molar-refractivity contribution in [3.05, 3.63) is 23.8 Å². The zero-order valence-electron chi connectivity index (χ0n) is 17.1. The third-order valence-electron chi connectivity index (χ3n) is 3.54. The van der Waals surface area contributed by atoms with Crippen LogP contribution in [0.25, 0.3) is 0 Å². The fraction of sp³-hybridized carbons (Fsp3) is 0.235. The van der Waals surface area contributed by atoms with Crippen molar-refractivity contribution < 1.29 is 19.5 Å². The monoisotopic (exact) mass is 560 g/mol. The quantitative estimate of drug-likeness (QED) is 0.291. The molecule has 2 aromatic heterocycles. The van der Waals surface area contributed by atoms with Gasteiger partial charge in [0.25, 0.3) is 0 Å². The van der Waals surface area contributed by atoms with Gasteiger partial charge in [-0.1, -0.05) is 47.0 Å². The second-order valence-corrected chi connectivity index (χ2v) is 11.4. The van der Waals surface area contributed by atoms with Gasteiger partial charge in [-0.15, -0.1) is 0 Å². The number of nitrogens with zero attached hydrogens (tertiary/aromatic N) is 4. The Balaban J connectivity index is 1.59. The number of carbonyl (C=O) groups excluding carboxylic acids is 2. The minimum absolute atomic E-state index is 0.0640. The van der Waals surface area contributed by atoms with Crippen LogP contribution in [0.3, 0.4) is 0 Å². The van der Waals surface area contributed by atoms with E-state index in [0.717, 1.165) is 0 Å². The first kappa shape index (κ1) is 25.8. The first-order valence-electron chi connectivity index (χ1n) is 8.85.